The van der Waals surface area contributed by atoms with E-state index in [-0.39, 0.29) is 59.4 Å². The molecular weight excluding hydrogens is 437 g/mol. The molecule has 0 aliphatic carbocycles. The molecule has 0 spiro atoms. The molecule has 2 radical (unpaired) electrons. The SMILES string of the molecule is C.C.C.C.C.C.C.C.[2H]P(CCCC)CSCCCCC.[2H]P(CC[B])CSCCCC. The van der Waals surface area contributed by atoms with Crippen LogP contribution in [0.4, 0.5) is 0 Å². The van der Waals surface area contributed by atoms with Gasteiger partial charge in [-0.1, -0.05) is 112 Å². The summed E-state index contributed by atoms with van der Waals surface area (Å²) in [4.78, 5) is 0. The van der Waals surface area contributed by atoms with Crippen LogP contribution in [0.5, 0.6) is 0 Å². The highest BCUT2D eigenvalue weighted by Gasteiger charge is 1.90. The molecule has 196 valence electrons. The quantitative estimate of drug-likeness (QED) is 0.115. The van der Waals surface area contributed by atoms with Crippen molar-refractivity contribution in [1.29, 1.82) is 2.56 Å². The summed E-state index contributed by atoms with van der Waals surface area (Å²) in [6.07, 6.45) is 11.8. The maximum atomic E-state index is 7.80. The van der Waals surface area contributed by atoms with Gasteiger partial charge in [0.25, 0.3) is 0 Å². The molecule has 0 heterocycles. The lowest BCUT2D eigenvalue weighted by Crippen LogP contribution is -1.81. The molecule has 0 saturated heterocycles. The van der Waals surface area contributed by atoms with E-state index < -0.39 is 17.1 Å². The highest BCUT2D eigenvalue weighted by Crippen LogP contribution is 2.21. The van der Waals surface area contributed by atoms with Crippen molar-refractivity contribution >= 4 is 48.4 Å². The van der Waals surface area contributed by atoms with Gasteiger partial charge >= 0.3 is 0 Å². The highest BCUT2D eigenvalue weighted by atomic mass is 32.2. The summed E-state index contributed by atoms with van der Waals surface area (Å²) in [5.74, 6) is 2.50. The fraction of sp³-hybridized carbons (Fsp3) is 1.00. The van der Waals surface area contributed by atoms with Crippen molar-refractivity contribution in [2.45, 2.75) is 131 Å². The van der Waals surface area contributed by atoms with Crippen LogP contribution in [-0.2, 0) is 0 Å². The third-order valence-electron chi connectivity index (χ3n) is 2.86. The molecule has 0 bridgehead atoms. The monoisotopic (exact) mass is 510 g/mol. The molecule has 0 N–H and O–H groups in total. The van der Waals surface area contributed by atoms with Crippen molar-refractivity contribution in [1.82, 2.24) is 0 Å². The van der Waals surface area contributed by atoms with Gasteiger partial charge in [0, 0.05) is 11.0 Å². The van der Waals surface area contributed by atoms with Crippen LogP contribution in [0, 0.1) is 0 Å². The molecule has 0 aliphatic heterocycles. The first-order valence-electron chi connectivity index (χ1n) is 9.84. The Kier molecular flexibility index (Phi) is 124. The van der Waals surface area contributed by atoms with Crippen LogP contribution in [0.2, 0.25) is 6.32 Å². The fourth-order valence-electron chi connectivity index (χ4n) is 1.45. The van der Waals surface area contributed by atoms with Gasteiger partial charge in [-0.25, -0.2) is 0 Å². The Bertz CT molecular complexity index is 234. The van der Waals surface area contributed by atoms with Crippen molar-refractivity contribution in [2.24, 2.45) is 0 Å². The topological polar surface area (TPSA) is 0 Å². The first kappa shape index (κ1) is 53.1. The van der Waals surface area contributed by atoms with E-state index in [1.807, 2.05) is 23.5 Å². The normalized spacial score (nSPS) is 10.6. The summed E-state index contributed by atoms with van der Waals surface area (Å²) < 4.78 is 15.4. The van der Waals surface area contributed by atoms with E-state index in [0.29, 0.717) is 6.32 Å². The Morgan fingerprint density at radius 2 is 1.00 bits per heavy atom. The molecule has 2 unspecified atom stereocenters. The van der Waals surface area contributed by atoms with Crippen LogP contribution in [0.3, 0.4) is 0 Å². The molecule has 0 saturated carbocycles. The van der Waals surface area contributed by atoms with Crippen LogP contribution in [-0.4, -0.2) is 45.2 Å². The van der Waals surface area contributed by atoms with Gasteiger partial charge in [0.15, 0.2) is 0 Å². The summed E-state index contributed by atoms with van der Waals surface area (Å²) >= 11 is 3.90. The van der Waals surface area contributed by atoms with E-state index >= 15 is 0 Å². The van der Waals surface area contributed by atoms with Gasteiger partial charge in [-0.15, -0.1) is 17.1 Å². The highest BCUT2D eigenvalue weighted by molar-refractivity contribution is 8.03. The van der Waals surface area contributed by atoms with Crippen molar-refractivity contribution in [2.75, 3.05) is 34.8 Å². The molecule has 0 amide bonds. The Balaban J connectivity index is -0.0000000305. The minimum absolute atomic E-state index is 0. The zero-order chi connectivity index (χ0) is 18.5. The number of unbranched alkanes of at least 4 members (excludes halogenated alkanes) is 4. The number of hydrogen-bond donors (Lipinski definition) is 0. The predicted octanol–water partition coefficient (Wildman–Crippen LogP) is 12.2. The molecule has 0 nitrogen and oxygen atoms in total. The van der Waals surface area contributed by atoms with Crippen LogP contribution in [0.1, 0.15) is 125 Å². The van der Waals surface area contributed by atoms with Gasteiger partial charge in [0.1, 0.15) is 0 Å². The van der Waals surface area contributed by atoms with Crippen LogP contribution in [0.25, 0.3) is 0 Å². The largest absolute Gasteiger partial charge is 0.158 e. The van der Waals surface area contributed by atoms with E-state index in [0.717, 1.165) is 23.3 Å². The van der Waals surface area contributed by atoms with Crippen LogP contribution in [0.15, 0.2) is 0 Å². The van der Waals surface area contributed by atoms with Gasteiger partial charge in [-0.05, 0) is 43.1 Å². The average molecular weight is 511 g/mol. The lowest BCUT2D eigenvalue weighted by molar-refractivity contribution is 0.779. The Morgan fingerprint density at radius 1 is 0.600 bits per heavy atom. The number of rotatable bonds is 16. The summed E-state index contributed by atoms with van der Waals surface area (Å²) in [6, 6.07) is 0. The Morgan fingerprint density at radius 3 is 1.40 bits per heavy atom. The molecular formula is C25H71BP2S2. The summed E-state index contributed by atoms with van der Waals surface area (Å²) in [5.41, 5.74) is 2.13. The minimum atomic E-state index is -0.509. The lowest BCUT2D eigenvalue weighted by Gasteiger charge is -2.00. The molecule has 0 rings (SSSR count). The van der Waals surface area contributed by atoms with E-state index in [2.05, 4.69) is 20.8 Å². The van der Waals surface area contributed by atoms with Crippen LogP contribution >= 0.6 is 40.6 Å². The second kappa shape index (κ2) is 69.8. The van der Waals surface area contributed by atoms with E-state index in [9.17, 15) is 0 Å². The standard InChI is InChI=1S/C10H23PS.C7H16BPS.8CH4/c1-3-5-7-9-12-10-11-8-6-4-2;1-2-3-6-10-7-9-5-4-8;;;;;;;;/h11H,3-10H2,1-2H3;9H,2-7H2,1H3;8*1H4/i11D;9D;;;;;;;;. The zero-order valence-electron chi connectivity index (χ0n) is 17.2. The zero-order valence-corrected chi connectivity index (χ0v) is 18.6. The van der Waals surface area contributed by atoms with Gasteiger partial charge in [0.05, 0.1) is 10.4 Å². The molecule has 0 fully saturated rings. The maximum Gasteiger partial charge on any atom is 0.0657 e. The summed E-state index contributed by atoms with van der Waals surface area (Å²) in [6.45, 7) is 6.64. The summed E-state index contributed by atoms with van der Waals surface area (Å²) in [5, 5.41) is 0. The van der Waals surface area contributed by atoms with Crippen molar-refractivity contribution in [3.05, 3.63) is 0 Å². The number of thioether (sulfide) groups is 2. The smallest absolute Gasteiger partial charge is 0.0657 e. The van der Waals surface area contributed by atoms with Gasteiger partial charge in [0.2, 0.25) is 0 Å². The van der Waals surface area contributed by atoms with Gasteiger partial charge < -0.3 is 0 Å². The molecule has 5 heteroatoms. The Hall–Kier alpha value is 1.62. The van der Waals surface area contributed by atoms with Crippen LogP contribution < -0.4 is 0 Å². The van der Waals surface area contributed by atoms with Crippen molar-refractivity contribution in [3.8, 4) is 0 Å². The van der Waals surface area contributed by atoms with Crippen molar-refractivity contribution in [3.63, 3.8) is 0 Å². The number of hydrogen-bond acceptors (Lipinski definition) is 2. The van der Waals surface area contributed by atoms with Gasteiger partial charge in [-0.3, -0.25) is 0 Å². The van der Waals surface area contributed by atoms with Gasteiger partial charge in [-0.2, -0.15) is 23.5 Å². The van der Waals surface area contributed by atoms with E-state index in [1.165, 1.54) is 56.5 Å². The molecule has 0 aliphatic rings. The second-order valence-corrected chi connectivity index (χ2v) is 10.7. The maximum absolute atomic E-state index is 7.80. The van der Waals surface area contributed by atoms with E-state index in [4.69, 9.17) is 10.4 Å². The molecule has 0 aromatic carbocycles. The van der Waals surface area contributed by atoms with Crippen molar-refractivity contribution < 1.29 is 0 Å². The first-order chi connectivity index (χ1) is 11.6. The second-order valence-electron chi connectivity index (χ2n) is 5.17. The molecule has 2 atom stereocenters. The molecule has 0 aromatic heterocycles. The Labute approximate surface area is 216 Å². The lowest BCUT2D eigenvalue weighted by atomic mass is 10.1. The third kappa shape index (κ3) is 78.1. The third-order valence-corrected chi connectivity index (χ3v) is 8.14. The molecule has 30 heavy (non-hydrogen) atoms. The summed E-state index contributed by atoms with van der Waals surface area (Å²) in [7, 11) is 4.44. The fourth-order valence-corrected chi connectivity index (χ4v) is 6.17. The first-order valence-corrected chi connectivity index (χ1v) is 13.8. The average Bonchev–Trinajstić information content (AvgIpc) is 2.57. The van der Waals surface area contributed by atoms with E-state index in [1.54, 1.807) is 0 Å². The predicted molar refractivity (Wildman–Crippen MR) is 175 cm³/mol. The minimum Gasteiger partial charge on any atom is -0.158 e. The molecule has 0 aromatic rings.